The molecule has 0 amide bonds. The lowest BCUT2D eigenvalue weighted by Crippen LogP contribution is -2.23. The number of nitrogens with two attached hydrogens (primary N) is 1. The van der Waals surface area contributed by atoms with Crippen molar-refractivity contribution in [3.05, 3.63) is 52.0 Å². The average Bonchev–Trinajstić information content (AvgIpc) is 2.91. The highest BCUT2D eigenvalue weighted by Crippen LogP contribution is 2.15. The Balaban J connectivity index is 2.05. The van der Waals surface area contributed by atoms with Gasteiger partial charge >= 0.3 is 0 Å². The lowest BCUT2D eigenvalue weighted by atomic mass is 10.1. The fraction of sp³-hybridized carbons (Fsp3) is 0.357. The van der Waals surface area contributed by atoms with Crippen LogP contribution in [0.25, 0.3) is 0 Å². The van der Waals surface area contributed by atoms with Crippen LogP contribution in [-0.4, -0.2) is 16.4 Å². The molecule has 2 aromatic rings. The van der Waals surface area contributed by atoms with Crippen molar-refractivity contribution < 1.29 is 0 Å². The third kappa shape index (κ3) is 3.38. The number of pyridine rings is 1. The third-order valence-corrected chi connectivity index (χ3v) is 3.84. The van der Waals surface area contributed by atoms with Gasteiger partial charge in [0, 0.05) is 30.7 Å². The first-order valence-electron chi connectivity index (χ1n) is 6.21. The minimum atomic E-state index is 0.507. The second kappa shape index (κ2) is 6.64. The number of thiophene rings is 1. The van der Waals surface area contributed by atoms with Crippen LogP contribution in [0, 0.1) is 0 Å². The molecule has 0 radical (unpaired) electrons. The van der Waals surface area contributed by atoms with E-state index in [9.17, 15) is 0 Å². The summed E-state index contributed by atoms with van der Waals surface area (Å²) >= 11 is 1.81. The van der Waals surface area contributed by atoms with E-state index < -0.39 is 0 Å². The molecule has 2 aromatic heterocycles. The maximum Gasteiger partial charge on any atom is 0.0584 e. The molecule has 18 heavy (non-hydrogen) atoms. The van der Waals surface area contributed by atoms with E-state index in [1.54, 1.807) is 17.5 Å². The Morgan fingerprint density at radius 2 is 2.17 bits per heavy atom. The van der Waals surface area contributed by atoms with E-state index in [1.807, 2.05) is 6.07 Å². The monoisotopic (exact) mass is 261 g/mol. The van der Waals surface area contributed by atoms with Gasteiger partial charge in [0.2, 0.25) is 0 Å². The van der Waals surface area contributed by atoms with Gasteiger partial charge in [-0.15, -0.1) is 11.3 Å². The molecule has 0 spiro atoms. The lowest BCUT2D eigenvalue weighted by Gasteiger charge is -2.20. The summed E-state index contributed by atoms with van der Waals surface area (Å²) in [6.45, 7) is 5.62. The number of hydrogen-bond acceptors (Lipinski definition) is 4. The summed E-state index contributed by atoms with van der Waals surface area (Å²) in [5.74, 6) is 0. The van der Waals surface area contributed by atoms with Crippen LogP contribution >= 0.6 is 11.3 Å². The smallest absolute Gasteiger partial charge is 0.0584 e. The molecule has 2 rings (SSSR count). The van der Waals surface area contributed by atoms with Gasteiger partial charge in [0.1, 0.15) is 0 Å². The van der Waals surface area contributed by atoms with E-state index in [0.717, 1.165) is 25.3 Å². The zero-order chi connectivity index (χ0) is 12.8. The lowest BCUT2D eigenvalue weighted by molar-refractivity contribution is 0.272. The topological polar surface area (TPSA) is 42.2 Å². The Hall–Kier alpha value is -1.23. The van der Waals surface area contributed by atoms with Crippen LogP contribution in [0.2, 0.25) is 0 Å². The molecule has 0 aliphatic heterocycles. The van der Waals surface area contributed by atoms with Gasteiger partial charge in [-0.25, -0.2) is 0 Å². The van der Waals surface area contributed by atoms with Crippen LogP contribution in [0.15, 0.2) is 35.8 Å². The summed E-state index contributed by atoms with van der Waals surface area (Å²) in [7, 11) is 0. The van der Waals surface area contributed by atoms with Crippen molar-refractivity contribution in [1.82, 2.24) is 9.88 Å². The number of nitrogens with zero attached hydrogens (tertiary/aromatic N) is 2. The highest BCUT2D eigenvalue weighted by Gasteiger charge is 2.08. The summed E-state index contributed by atoms with van der Waals surface area (Å²) in [4.78, 5) is 8.14. The predicted octanol–water partition coefficient (Wildman–Crippen LogP) is 2.62. The molecule has 0 aliphatic carbocycles. The molecule has 0 atom stereocenters. The minimum absolute atomic E-state index is 0.507. The van der Waals surface area contributed by atoms with E-state index in [0.29, 0.717) is 6.54 Å². The first-order chi connectivity index (χ1) is 8.83. The summed E-state index contributed by atoms with van der Waals surface area (Å²) in [5, 5.41) is 2.12. The first-order valence-corrected chi connectivity index (χ1v) is 7.09. The average molecular weight is 261 g/mol. The Kier molecular flexibility index (Phi) is 4.87. The van der Waals surface area contributed by atoms with E-state index in [2.05, 4.69) is 40.4 Å². The largest absolute Gasteiger partial charge is 0.325 e. The van der Waals surface area contributed by atoms with Gasteiger partial charge in [-0.3, -0.25) is 9.88 Å². The van der Waals surface area contributed by atoms with Gasteiger partial charge in [-0.05, 0) is 29.6 Å². The van der Waals surface area contributed by atoms with Gasteiger partial charge in [-0.2, -0.15) is 0 Å². The van der Waals surface area contributed by atoms with Gasteiger partial charge in [-0.1, -0.05) is 19.1 Å². The second-order valence-corrected chi connectivity index (χ2v) is 5.23. The summed E-state index contributed by atoms with van der Waals surface area (Å²) in [5.41, 5.74) is 7.96. The molecule has 2 N–H and O–H groups in total. The molecule has 0 fully saturated rings. The second-order valence-electron chi connectivity index (χ2n) is 4.20. The molecule has 3 nitrogen and oxygen atoms in total. The minimum Gasteiger partial charge on any atom is -0.325 e. The molecule has 0 aliphatic rings. The first kappa shape index (κ1) is 13.2. The molecule has 0 unspecified atom stereocenters. The molecule has 0 bridgehead atoms. The number of hydrogen-bond donors (Lipinski definition) is 1. The highest BCUT2D eigenvalue weighted by atomic mass is 32.1. The number of aromatic nitrogens is 1. The predicted molar refractivity (Wildman–Crippen MR) is 76.2 cm³/mol. The fourth-order valence-electron chi connectivity index (χ4n) is 1.94. The third-order valence-electron chi connectivity index (χ3n) is 2.98. The van der Waals surface area contributed by atoms with Crippen molar-refractivity contribution in [3.63, 3.8) is 0 Å². The molecule has 4 heteroatoms. The molecular weight excluding hydrogens is 242 g/mol. The van der Waals surface area contributed by atoms with E-state index in [1.165, 1.54) is 10.4 Å². The Morgan fingerprint density at radius 3 is 2.83 bits per heavy atom. The molecule has 0 saturated carbocycles. The van der Waals surface area contributed by atoms with Crippen molar-refractivity contribution in [1.29, 1.82) is 0 Å². The van der Waals surface area contributed by atoms with Crippen LogP contribution in [0.3, 0.4) is 0 Å². The molecule has 0 aromatic carbocycles. The van der Waals surface area contributed by atoms with Crippen molar-refractivity contribution in [2.45, 2.75) is 26.6 Å². The van der Waals surface area contributed by atoms with Crippen LogP contribution in [0.1, 0.15) is 23.1 Å². The highest BCUT2D eigenvalue weighted by molar-refractivity contribution is 7.09. The normalized spacial score (nSPS) is 11.1. The van der Waals surface area contributed by atoms with Crippen LogP contribution in [0.4, 0.5) is 0 Å². The Labute approximate surface area is 112 Å². The van der Waals surface area contributed by atoms with Crippen LogP contribution < -0.4 is 5.73 Å². The maximum absolute atomic E-state index is 5.72. The van der Waals surface area contributed by atoms with Crippen molar-refractivity contribution in [2.24, 2.45) is 5.73 Å². The zero-order valence-corrected chi connectivity index (χ0v) is 11.5. The standard InChI is InChI=1S/C14H19N3S/c1-2-17(11-13-6-4-8-18-13)10-12-5-3-7-16-14(12)9-15/h3-8H,2,9-11,15H2,1H3. The zero-order valence-electron chi connectivity index (χ0n) is 10.7. The van der Waals surface area contributed by atoms with Crippen molar-refractivity contribution in [2.75, 3.05) is 6.54 Å². The van der Waals surface area contributed by atoms with Crippen molar-refractivity contribution >= 4 is 11.3 Å². The van der Waals surface area contributed by atoms with E-state index >= 15 is 0 Å². The van der Waals surface area contributed by atoms with Gasteiger partial charge < -0.3 is 5.73 Å². The van der Waals surface area contributed by atoms with E-state index in [-0.39, 0.29) is 0 Å². The Bertz CT molecular complexity index is 468. The van der Waals surface area contributed by atoms with Crippen molar-refractivity contribution in [3.8, 4) is 0 Å². The van der Waals surface area contributed by atoms with Crippen LogP contribution in [0.5, 0.6) is 0 Å². The molecule has 96 valence electrons. The fourth-order valence-corrected chi connectivity index (χ4v) is 2.69. The molecule has 2 heterocycles. The summed E-state index contributed by atoms with van der Waals surface area (Å²) in [6.07, 6.45) is 1.81. The van der Waals surface area contributed by atoms with Crippen LogP contribution in [-0.2, 0) is 19.6 Å². The maximum atomic E-state index is 5.72. The van der Waals surface area contributed by atoms with Gasteiger partial charge in [0.05, 0.1) is 5.69 Å². The van der Waals surface area contributed by atoms with Gasteiger partial charge in [0.15, 0.2) is 0 Å². The number of rotatable bonds is 6. The SMILES string of the molecule is CCN(Cc1cccs1)Cc1cccnc1CN. The Morgan fingerprint density at radius 1 is 1.28 bits per heavy atom. The summed E-state index contributed by atoms with van der Waals surface area (Å²) in [6, 6.07) is 8.38. The van der Waals surface area contributed by atoms with Gasteiger partial charge in [0.25, 0.3) is 0 Å². The quantitative estimate of drug-likeness (QED) is 0.869. The molecular formula is C14H19N3S. The summed E-state index contributed by atoms with van der Waals surface area (Å²) < 4.78 is 0. The molecule has 0 saturated heterocycles. The van der Waals surface area contributed by atoms with E-state index in [4.69, 9.17) is 5.73 Å².